The van der Waals surface area contributed by atoms with E-state index >= 15 is 0 Å². The van der Waals surface area contributed by atoms with Crippen LogP contribution in [0, 0.1) is 0 Å². The van der Waals surface area contributed by atoms with Gasteiger partial charge in [0.2, 0.25) is 0 Å². The van der Waals surface area contributed by atoms with Crippen LogP contribution in [0.1, 0.15) is 22.8 Å². The normalized spacial score (nSPS) is 17.3. The molecule has 1 aromatic rings. The third-order valence-corrected chi connectivity index (χ3v) is 3.72. The first-order valence-corrected chi connectivity index (χ1v) is 6.72. The molecular weight excluding hydrogens is 269 g/mol. The predicted octanol–water partition coefficient (Wildman–Crippen LogP) is 1.07. The quantitative estimate of drug-likeness (QED) is 0.864. The summed E-state index contributed by atoms with van der Waals surface area (Å²) in [7, 11) is 0. The summed E-state index contributed by atoms with van der Waals surface area (Å²) in [5.74, 6) is -0.186. The Hall–Kier alpha value is -1.56. The molecule has 2 rings (SSSR count). The molecule has 6 heteroatoms. The molecule has 0 saturated carbocycles. The van der Waals surface area contributed by atoms with Gasteiger partial charge in [-0.05, 0) is 31.2 Å². The minimum absolute atomic E-state index is 0.186. The van der Waals surface area contributed by atoms with Crippen molar-refractivity contribution in [2.45, 2.75) is 13.1 Å². The lowest BCUT2D eigenvalue weighted by molar-refractivity contribution is -0.902. The van der Waals surface area contributed by atoms with Gasteiger partial charge in [-0.15, -0.1) is 0 Å². The van der Waals surface area contributed by atoms with Gasteiger partial charge in [0, 0.05) is 5.56 Å². The lowest BCUT2D eigenvalue weighted by Crippen LogP contribution is -3.14. The van der Waals surface area contributed by atoms with Crippen LogP contribution in [0.5, 0.6) is 0 Å². The lowest BCUT2D eigenvalue weighted by Gasteiger charge is -2.31. The van der Waals surface area contributed by atoms with E-state index in [0.717, 1.165) is 31.8 Å². The molecule has 0 unspecified atom stereocenters. The predicted molar refractivity (Wildman–Crippen MR) is 68.6 cm³/mol. The molecule has 110 valence electrons. The van der Waals surface area contributed by atoms with Crippen molar-refractivity contribution in [3.8, 4) is 0 Å². The second kappa shape index (κ2) is 5.83. The smallest absolute Gasteiger partial charge is 0.332 e. The first-order chi connectivity index (χ1) is 9.41. The highest BCUT2D eigenvalue weighted by Gasteiger charge is 2.30. The van der Waals surface area contributed by atoms with Crippen LogP contribution < -0.4 is 4.90 Å². The van der Waals surface area contributed by atoms with Gasteiger partial charge in [-0.2, -0.15) is 13.2 Å². The maximum Gasteiger partial charge on any atom is 0.416 e. The Morgan fingerprint density at radius 1 is 1.20 bits per heavy atom. The van der Waals surface area contributed by atoms with Gasteiger partial charge < -0.3 is 9.80 Å². The number of carbonyl (C=O) groups is 1. The maximum atomic E-state index is 12.5. The van der Waals surface area contributed by atoms with Gasteiger partial charge in [0.1, 0.15) is 0 Å². The Labute approximate surface area is 116 Å². The highest BCUT2D eigenvalue weighted by atomic mass is 19.4. The van der Waals surface area contributed by atoms with Crippen molar-refractivity contribution in [3.63, 3.8) is 0 Å². The summed E-state index contributed by atoms with van der Waals surface area (Å²) in [5.41, 5.74) is -0.410. The van der Waals surface area contributed by atoms with Gasteiger partial charge >= 0.3 is 6.18 Å². The monoisotopic (exact) mass is 287 g/mol. The van der Waals surface area contributed by atoms with E-state index < -0.39 is 11.7 Å². The number of piperazine rings is 1. The van der Waals surface area contributed by atoms with Gasteiger partial charge in [0.05, 0.1) is 38.3 Å². The van der Waals surface area contributed by atoms with Gasteiger partial charge in [-0.3, -0.25) is 4.79 Å². The van der Waals surface area contributed by atoms with Crippen LogP contribution in [0.3, 0.4) is 0 Å². The summed E-state index contributed by atoms with van der Waals surface area (Å²) in [5, 5.41) is 0. The van der Waals surface area contributed by atoms with Crippen molar-refractivity contribution in [2.24, 2.45) is 0 Å². The number of halogens is 3. The summed E-state index contributed by atoms with van der Waals surface area (Å²) >= 11 is 0. The fourth-order valence-corrected chi connectivity index (χ4v) is 2.36. The van der Waals surface area contributed by atoms with E-state index in [1.165, 1.54) is 17.0 Å². The van der Waals surface area contributed by atoms with E-state index in [1.54, 1.807) is 4.90 Å². The number of carbonyl (C=O) groups excluding carboxylic acids is 1. The summed E-state index contributed by atoms with van der Waals surface area (Å²) in [4.78, 5) is 15.3. The third-order valence-electron chi connectivity index (χ3n) is 3.72. The molecule has 3 nitrogen and oxygen atoms in total. The molecule has 1 heterocycles. The minimum atomic E-state index is -4.36. The molecule has 0 aliphatic carbocycles. The second-order valence-corrected chi connectivity index (χ2v) is 4.97. The van der Waals surface area contributed by atoms with Crippen LogP contribution in [0.25, 0.3) is 0 Å². The van der Waals surface area contributed by atoms with Crippen molar-refractivity contribution >= 4 is 5.91 Å². The molecule has 1 aromatic carbocycles. The molecule has 0 atom stereocenters. The van der Waals surface area contributed by atoms with Crippen molar-refractivity contribution < 1.29 is 22.9 Å². The molecule has 1 fully saturated rings. The average Bonchev–Trinajstić information content (AvgIpc) is 2.46. The van der Waals surface area contributed by atoms with Crippen LogP contribution >= 0.6 is 0 Å². The first-order valence-electron chi connectivity index (χ1n) is 6.72. The largest absolute Gasteiger partial charge is 0.416 e. The van der Waals surface area contributed by atoms with Crippen LogP contribution in [-0.4, -0.2) is 43.5 Å². The summed E-state index contributed by atoms with van der Waals surface area (Å²) in [6, 6.07) is 4.43. The van der Waals surface area contributed by atoms with Gasteiger partial charge in [-0.1, -0.05) is 0 Å². The summed E-state index contributed by atoms with van der Waals surface area (Å²) in [6.07, 6.45) is -4.36. The number of nitrogens with zero attached hydrogens (tertiary/aromatic N) is 1. The van der Waals surface area contributed by atoms with Crippen molar-refractivity contribution in [1.82, 2.24) is 4.90 Å². The number of likely N-dealkylation sites (N-methyl/N-ethyl adjacent to an activating group) is 1. The Morgan fingerprint density at radius 3 is 2.20 bits per heavy atom. The van der Waals surface area contributed by atoms with Gasteiger partial charge in [-0.25, -0.2) is 0 Å². The molecule has 0 aromatic heterocycles. The number of alkyl halides is 3. The molecule has 1 amide bonds. The number of quaternary nitrogens is 1. The topological polar surface area (TPSA) is 24.8 Å². The van der Waals surface area contributed by atoms with Crippen LogP contribution in [-0.2, 0) is 6.18 Å². The van der Waals surface area contributed by atoms with E-state index in [-0.39, 0.29) is 5.91 Å². The van der Waals surface area contributed by atoms with E-state index in [9.17, 15) is 18.0 Å². The van der Waals surface area contributed by atoms with Crippen molar-refractivity contribution in [2.75, 3.05) is 32.7 Å². The Bertz CT molecular complexity index is 462. The zero-order valence-electron chi connectivity index (χ0n) is 11.3. The third kappa shape index (κ3) is 3.30. The summed E-state index contributed by atoms with van der Waals surface area (Å²) < 4.78 is 37.4. The van der Waals surface area contributed by atoms with Crippen molar-refractivity contribution in [3.05, 3.63) is 35.4 Å². The highest BCUT2D eigenvalue weighted by Crippen LogP contribution is 2.29. The SMILES string of the molecule is CC[NH+]1CCN(C(=O)c2ccc(C(F)(F)F)cc2)CC1. The Morgan fingerprint density at radius 2 is 1.75 bits per heavy atom. The van der Waals surface area contributed by atoms with E-state index in [1.807, 2.05) is 0 Å². The minimum Gasteiger partial charge on any atom is -0.332 e. The number of hydrogen-bond acceptors (Lipinski definition) is 1. The highest BCUT2D eigenvalue weighted by molar-refractivity contribution is 5.94. The average molecular weight is 287 g/mol. The van der Waals surface area contributed by atoms with E-state index in [0.29, 0.717) is 18.7 Å². The van der Waals surface area contributed by atoms with Crippen LogP contribution in [0.4, 0.5) is 13.2 Å². The second-order valence-electron chi connectivity index (χ2n) is 4.97. The standard InChI is InChI=1S/C14H17F3N2O/c1-2-18-7-9-19(10-8-18)13(20)11-3-5-12(6-4-11)14(15,16)17/h3-6H,2,7-10H2,1H3/p+1. The lowest BCUT2D eigenvalue weighted by atomic mass is 10.1. The van der Waals surface area contributed by atoms with Crippen molar-refractivity contribution in [1.29, 1.82) is 0 Å². The Balaban J connectivity index is 2.03. The number of amides is 1. The van der Waals surface area contributed by atoms with Crippen LogP contribution in [0.15, 0.2) is 24.3 Å². The molecule has 1 aliphatic heterocycles. The molecule has 1 aliphatic rings. The van der Waals surface area contributed by atoms with E-state index in [2.05, 4.69) is 6.92 Å². The molecular formula is C14H18F3N2O+. The number of hydrogen-bond donors (Lipinski definition) is 1. The molecule has 0 spiro atoms. The van der Waals surface area contributed by atoms with Gasteiger partial charge in [0.15, 0.2) is 0 Å². The number of rotatable bonds is 2. The first kappa shape index (κ1) is 14.8. The molecule has 0 bridgehead atoms. The Kier molecular flexibility index (Phi) is 4.32. The zero-order valence-corrected chi connectivity index (χ0v) is 11.3. The number of nitrogens with one attached hydrogen (secondary N) is 1. The molecule has 1 N–H and O–H groups in total. The molecule has 0 radical (unpaired) electrons. The van der Waals surface area contributed by atoms with Gasteiger partial charge in [0.25, 0.3) is 5.91 Å². The van der Waals surface area contributed by atoms with Crippen LogP contribution in [0.2, 0.25) is 0 Å². The maximum absolute atomic E-state index is 12.5. The van der Waals surface area contributed by atoms with E-state index in [4.69, 9.17) is 0 Å². The fraction of sp³-hybridized carbons (Fsp3) is 0.500. The molecule has 20 heavy (non-hydrogen) atoms. The fourth-order valence-electron chi connectivity index (χ4n) is 2.36. The zero-order chi connectivity index (χ0) is 14.8. The number of benzene rings is 1. The molecule has 1 saturated heterocycles. The summed E-state index contributed by atoms with van der Waals surface area (Å²) in [6.45, 7) is 6.22.